The van der Waals surface area contributed by atoms with Crippen LogP contribution in [0.5, 0.6) is 0 Å². The van der Waals surface area contributed by atoms with Gasteiger partial charge in [0.15, 0.2) is 0 Å². The minimum absolute atomic E-state index is 0.396. The summed E-state index contributed by atoms with van der Waals surface area (Å²) < 4.78 is 5.01. The molecule has 0 aromatic heterocycles. The van der Waals surface area contributed by atoms with E-state index in [1.54, 1.807) is 6.08 Å². The fourth-order valence-electron chi connectivity index (χ4n) is 1.06. The van der Waals surface area contributed by atoms with Crippen LogP contribution >= 0.6 is 0 Å². The van der Waals surface area contributed by atoms with Crippen LogP contribution in [-0.2, 0) is 9.53 Å². The van der Waals surface area contributed by atoms with E-state index >= 15 is 0 Å². The van der Waals surface area contributed by atoms with Gasteiger partial charge in [0.1, 0.15) is 0 Å². The fourth-order valence-corrected chi connectivity index (χ4v) is 1.06. The lowest BCUT2D eigenvalue weighted by Gasteiger charge is -1.96. The van der Waals surface area contributed by atoms with Crippen LogP contribution in [0.2, 0.25) is 0 Å². The lowest BCUT2D eigenvalue weighted by atomic mass is 10.1. The van der Waals surface area contributed by atoms with E-state index in [4.69, 9.17) is 9.84 Å². The average Bonchev–Trinajstić information content (AvgIpc) is 2.80. The molecule has 0 aliphatic carbocycles. The van der Waals surface area contributed by atoms with E-state index in [1.165, 1.54) is 0 Å². The van der Waals surface area contributed by atoms with Crippen LogP contribution in [0.4, 0.5) is 0 Å². The molecule has 0 amide bonds. The number of carboxylic acid groups (broad SMARTS) is 1. The van der Waals surface area contributed by atoms with Crippen LogP contribution in [0.1, 0.15) is 26.2 Å². The van der Waals surface area contributed by atoms with Crippen LogP contribution in [-0.4, -0.2) is 23.8 Å². The number of ether oxygens (including phenoxy) is 1. The Labute approximate surface area is 72.0 Å². The second-order valence-electron chi connectivity index (χ2n) is 2.92. The van der Waals surface area contributed by atoms with Crippen molar-refractivity contribution in [2.24, 2.45) is 0 Å². The summed E-state index contributed by atoms with van der Waals surface area (Å²) in [6.45, 7) is 2.70. The summed E-state index contributed by atoms with van der Waals surface area (Å²) in [5.74, 6) is -0.797. The maximum absolute atomic E-state index is 10.5. The molecular weight excluding hydrogens is 156 g/mol. The zero-order valence-electron chi connectivity index (χ0n) is 7.25. The molecule has 1 heterocycles. The van der Waals surface area contributed by atoms with Crippen LogP contribution in [0.15, 0.2) is 11.6 Å². The Kier molecular flexibility index (Phi) is 3.29. The van der Waals surface area contributed by atoms with Gasteiger partial charge in [0.05, 0.1) is 12.7 Å². The summed E-state index contributed by atoms with van der Waals surface area (Å²) in [5, 5.41) is 8.65. The van der Waals surface area contributed by atoms with Gasteiger partial charge in [0.25, 0.3) is 0 Å². The molecule has 1 atom stereocenters. The third-order valence-electron chi connectivity index (χ3n) is 1.94. The van der Waals surface area contributed by atoms with E-state index in [1.807, 2.05) is 6.92 Å². The lowest BCUT2D eigenvalue weighted by Crippen LogP contribution is -1.99. The van der Waals surface area contributed by atoms with E-state index in [0.717, 1.165) is 19.4 Å². The molecule has 1 fully saturated rings. The van der Waals surface area contributed by atoms with Gasteiger partial charge < -0.3 is 9.84 Å². The van der Waals surface area contributed by atoms with Gasteiger partial charge in [-0.2, -0.15) is 0 Å². The SMILES string of the molecule is CCC(=CCCC1CO1)C(=O)O. The van der Waals surface area contributed by atoms with E-state index in [0.29, 0.717) is 18.1 Å². The Morgan fingerprint density at radius 1 is 1.75 bits per heavy atom. The molecule has 0 aromatic rings. The Bertz CT molecular complexity index is 192. The van der Waals surface area contributed by atoms with Crippen LogP contribution in [0.25, 0.3) is 0 Å². The number of aliphatic carboxylic acids is 1. The number of hydrogen-bond acceptors (Lipinski definition) is 2. The second kappa shape index (κ2) is 4.26. The van der Waals surface area contributed by atoms with Gasteiger partial charge in [-0.05, 0) is 19.3 Å². The average molecular weight is 170 g/mol. The van der Waals surface area contributed by atoms with Crippen molar-refractivity contribution in [2.75, 3.05) is 6.61 Å². The van der Waals surface area contributed by atoms with Gasteiger partial charge >= 0.3 is 5.97 Å². The van der Waals surface area contributed by atoms with Crippen LogP contribution < -0.4 is 0 Å². The predicted molar refractivity (Wildman–Crippen MR) is 45.0 cm³/mol. The van der Waals surface area contributed by atoms with Crippen LogP contribution in [0.3, 0.4) is 0 Å². The summed E-state index contributed by atoms with van der Waals surface area (Å²) >= 11 is 0. The number of epoxide rings is 1. The molecule has 0 saturated carbocycles. The standard InChI is InChI=1S/C9H14O3/c1-2-7(9(10)11)4-3-5-8-6-12-8/h4,8H,2-3,5-6H2,1H3,(H,10,11). The zero-order chi connectivity index (χ0) is 8.97. The van der Waals surface area contributed by atoms with Gasteiger partial charge in [-0.1, -0.05) is 13.0 Å². The molecule has 3 nitrogen and oxygen atoms in total. The highest BCUT2D eigenvalue weighted by atomic mass is 16.6. The molecule has 1 N–H and O–H groups in total. The van der Waals surface area contributed by atoms with E-state index in [-0.39, 0.29) is 0 Å². The first-order chi connectivity index (χ1) is 5.74. The number of hydrogen-bond donors (Lipinski definition) is 1. The minimum Gasteiger partial charge on any atom is -0.478 e. The molecule has 1 rings (SSSR count). The topological polar surface area (TPSA) is 49.8 Å². The smallest absolute Gasteiger partial charge is 0.331 e. The molecule has 0 aromatic carbocycles. The first-order valence-corrected chi connectivity index (χ1v) is 4.28. The van der Waals surface area contributed by atoms with Crippen molar-refractivity contribution < 1.29 is 14.6 Å². The fraction of sp³-hybridized carbons (Fsp3) is 0.667. The third kappa shape index (κ3) is 3.05. The van der Waals surface area contributed by atoms with Gasteiger partial charge in [-0.15, -0.1) is 0 Å². The summed E-state index contributed by atoms with van der Waals surface area (Å²) in [4.78, 5) is 10.5. The summed E-state index contributed by atoms with van der Waals surface area (Å²) in [7, 11) is 0. The van der Waals surface area contributed by atoms with Crippen molar-refractivity contribution >= 4 is 5.97 Å². The zero-order valence-corrected chi connectivity index (χ0v) is 7.25. The molecule has 1 aliphatic rings. The minimum atomic E-state index is -0.797. The first kappa shape index (κ1) is 9.26. The van der Waals surface area contributed by atoms with Crippen molar-refractivity contribution in [1.29, 1.82) is 0 Å². The third-order valence-corrected chi connectivity index (χ3v) is 1.94. The number of carbonyl (C=O) groups is 1. The predicted octanol–water partition coefficient (Wildman–Crippen LogP) is 1.59. The molecule has 1 aliphatic heterocycles. The lowest BCUT2D eigenvalue weighted by molar-refractivity contribution is -0.132. The maximum atomic E-state index is 10.5. The van der Waals surface area contributed by atoms with Crippen molar-refractivity contribution in [3.8, 4) is 0 Å². The molecule has 1 saturated heterocycles. The summed E-state index contributed by atoms with van der Waals surface area (Å²) in [6.07, 6.45) is 4.56. The molecule has 0 bridgehead atoms. The number of rotatable bonds is 5. The Hall–Kier alpha value is -0.830. The van der Waals surface area contributed by atoms with Crippen molar-refractivity contribution in [2.45, 2.75) is 32.3 Å². The highest BCUT2D eigenvalue weighted by molar-refractivity contribution is 5.86. The maximum Gasteiger partial charge on any atom is 0.331 e. The van der Waals surface area contributed by atoms with Crippen LogP contribution in [0, 0.1) is 0 Å². The van der Waals surface area contributed by atoms with E-state index in [9.17, 15) is 4.79 Å². The van der Waals surface area contributed by atoms with Gasteiger partial charge in [-0.3, -0.25) is 0 Å². The normalized spacial score (nSPS) is 22.4. The monoisotopic (exact) mass is 170 g/mol. The van der Waals surface area contributed by atoms with Gasteiger partial charge in [-0.25, -0.2) is 4.79 Å². The molecule has 12 heavy (non-hydrogen) atoms. The highest BCUT2D eigenvalue weighted by Crippen LogP contribution is 2.16. The molecule has 0 spiro atoms. The van der Waals surface area contributed by atoms with Gasteiger partial charge in [0.2, 0.25) is 0 Å². The Balaban J connectivity index is 2.24. The first-order valence-electron chi connectivity index (χ1n) is 4.28. The number of allylic oxidation sites excluding steroid dienone is 1. The molecule has 0 radical (unpaired) electrons. The van der Waals surface area contributed by atoms with Gasteiger partial charge in [0, 0.05) is 5.57 Å². The van der Waals surface area contributed by atoms with Crippen molar-refractivity contribution in [1.82, 2.24) is 0 Å². The Morgan fingerprint density at radius 2 is 2.42 bits per heavy atom. The van der Waals surface area contributed by atoms with Crippen molar-refractivity contribution in [3.05, 3.63) is 11.6 Å². The largest absolute Gasteiger partial charge is 0.478 e. The molecular formula is C9H14O3. The second-order valence-corrected chi connectivity index (χ2v) is 2.92. The highest BCUT2D eigenvalue weighted by Gasteiger charge is 2.20. The van der Waals surface area contributed by atoms with E-state index < -0.39 is 5.97 Å². The number of carboxylic acids is 1. The quantitative estimate of drug-likeness (QED) is 0.503. The Morgan fingerprint density at radius 3 is 2.83 bits per heavy atom. The molecule has 68 valence electrons. The molecule has 3 heteroatoms. The van der Waals surface area contributed by atoms with Crippen molar-refractivity contribution in [3.63, 3.8) is 0 Å². The summed E-state index contributed by atoms with van der Waals surface area (Å²) in [5.41, 5.74) is 0.510. The summed E-state index contributed by atoms with van der Waals surface area (Å²) in [6, 6.07) is 0. The molecule has 1 unspecified atom stereocenters. The van der Waals surface area contributed by atoms with E-state index in [2.05, 4.69) is 0 Å².